The molecule has 0 saturated carbocycles. The van der Waals surface area contributed by atoms with E-state index >= 15 is 0 Å². The van der Waals surface area contributed by atoms with Crippen molar-refractivity contribution >= 4 is 16.9 Å². The number of aromatic nitrogens is 3. The summed E-state index contributed by atoms with van der Waals surface area (Å²) < 4.78 is 5.61. The van der Waals surface area contributed by atoms with E-state index in [0.29, 0.717) is 25.6 Å². The molecule has 134 valence electrons. The van der Waals surface area contributed by atoms with Gasteiger partial charge in [-0.1, -0.05) is 6.07 Å². The molecule has 1 aliphatic heterocycles. The normalized spacial score (nSPS) is 19.7. The van der Waals surface area contributed by atoms with Crippen LogP contribution in [0.4, 0.5) is 0 Å². The van der Waals surface area contributed by atoms with Gasteiger partial charge in [-0.25, -0.2) is 4.98 Å². The minimum Gasteiger partial charge on any atom is -0.379 e. The summed E-state index contributed by atoms with van der Waals surface area (Å²) in [4.78, 5) is 24.2. The zero-order valence-corrected chi connectivity index (χ0v) is 14.7. The second kappa shape index (κ2) is 7.25. The van der Waals surface area contributed by atoms with E-state index in [4.69, 9.17) is 4.74 Å². The average molecular weight is 350 g/mol. The highest BCUT2D eigenvalue weighted by Gasteiger charge is 2.29. The third-order valence-electron chi connectivity index (χ3n) is 4.82. The molecule has 2 atom stereocenters. The first kappa shape index (κ1) is 16.7. The number of hydrogen-bond donors (Lipinski definition) is 2. The molecule has 1 fully saturated rings. The largest absolute Gasteiger partial charge is 0.379 e. The van der Waals surface area contributed by atoms with Gasteiger partial charge in [0.1, 0.15) is 5.82 Å². The molecular formula is C20H22N4O2. The Kier molecular flexibility index (Phi) is 4.67. The molecule has 1 aliphatic rings. The number of nitrogens with one attached hydrogen (secondary N) is 2. The Morgan fingerprint density at radius 2 is 2.08 bits per heavy atom. The Morgan fingerprint density at radius 3 is 2.92 bits per heavy atom. The highest BCUT2D eigenvalue weighted by Crippen LogP contribution is 2.19. The van der Waals surface area contributed by atoms with E-state index in [1.165, 1.54) is 5.56 Å². The van der Waals surface area contributed by atoms with Gasteiger partial charge in [0, 0.05) is 18.3 Å². The van der Waals surface area contributed by atoms with E-state index in [2.05, 4.69) is 20.3 Å². The Morgan fingerprint density at radius 1 is 1.23 bits per heavy atom. The molecule has 0 aliphatic carbocycles. The fourth-order valence-corrected chi connectivity index (χ4v) is 3.52. The summed E-state index contributed by atoms with van der Waals surface area (Å²) in [6, 6.07) is 9.98. The van der Waals surface area contributed by atoms with Crippen molar-refractivity contribution in [1.82, 2.24) is 20.3 Å². The number of H-pyrrole nitrogens is 1. The van der Waals surface area contributed by atoms with Crippen LogP contribution in [-0.2, 0) is 22.4 Å². The molecule has 4 rings (SSSR count). The van der Waals surface area contributed by atoms with E-state index in [-0.39, 0.29) is 11.9 Å². The van der Waals surface area contributed by atoms with Crippen molar-refractivity contribution in [2.75, 3.05) is 13.2 Å². The minimum absolute atomic E-state index is 0.0239. The molecule has 2 N–H and O–H groups in total. The molecule has 0 radical (unpaired) electrons. The Bertz CT molecular complexity index is 907. The number of pyridine rings is 1. The molecule has 6 heteroatoms. The number of carbonyl (C=O) groups is 1. The van der Waals surface area contributed by atoms with Crippen LogP contribution in [0.5, 0.6) is 0 Å². The predicted octanol–water partition coefficient (Wildman–Crippen LogP) is 2.18. The third-order valence-corrected chi connectivity index (χ3v) is 4.82. The van der Waals surface area contributed by atoms with Crippen LogP contribution in [0.3, 0.4) is 0 Å². The van der Waals surface area contributed by atoms with Gasteiger partial charge in [-0.05, 0) is 48.7 Å². The van der Waals surface area contributed by atoms with Gasteiger partial charge < -0.3 is 15.0 Å². The maximum atomic E-state index is 12.5. The summed E-state index contributed by atoms with van der Waals surface area (Å²) in [5, 5.41) is 3.15. The van der Waals surface area contributed by atoms with Gasteiger partial charge in [-0.3, -0.25) is 9.78 Å². The standard InChI is InChI=1S/C20H22N4O2/c1-13-22-17-3-2-15(9-18(17)23-13)10-20(25)24-19-12-26-11-16(19)8-14-4-6-21-7-5-14/h2-7,9,16,19H,8,10-12H2,1H3,(H,22,23)(H,24,25)/t16-,19+/m1/s1. The number of carbonyl (C=O) groups excluding carboxylic acids is 1. The first-order chi connectivity index (χ1) is 12.7. The number of benzene rings is 1. The molecule has 1 amide bonds. The van der Waals surface area contributed by atoms with E-state index in [0.717, 1.165) is 28.8 Å². The summed E-state index contributed by atoms with van der Waals surface area (Å²) in [6.07, 6.45) is 4.83. The number of imidazole rings is 1. The van der Waals surface area contributed by atoms with E-state index in [1.54, 1.807) is 12.4 Å². The van der Waals surface area contributed by atoms with Gasteiger partial charge in [0.2, 0.25) is 5.91 Å². The summed E-state index contributed by atoms with van der Waals surface area (Å²) in [6.45, 7) is 3.17. The maximum Gasteiger partial charge on any atom is 0.224 e. The van der Waals surface area contributed by atoms with Crippen LogP contribution in [0.2, 0.25) is 0 Å². The molecule has 2 aromatic heterocycles. The van der Waals surface area contributed by atoms with E-state index in [1.807, 2.05) is 37.3 Å². The topological polar surface area (TPSA) is 79.9 Å². The van der Waals surface area contributed by atoms with Crippen LogP contribution in [0, 0.1) is 12.8 Å². The van der Waals surface area contributed by atoms with Gasteiger partial charge in [-0.15, -0.1) is 0 Å². The zero-order valence-electron chi connectivity index (χ0n) is 14.7. The molecule has 0 spiro atoms. The molecule has 3 aromatic rings. The van der Waals surface area contributed by atoms with Crippen LogP contribution in [-0.4, -0.2) is 40.1 Å². The number of aryl methyl sites for hydroxylation is 1. The first-order valence-corrected chi connectivity index (χ1v) is 8.88. The van der Waals surface area contributed by atoms with Crippen LogP contribution >= 0.6 is 0 Å². The Labute approximate surface area is 152 Å². The van der Waals surface area contributed by atoms with Crippen molar-refractivity contribution in [2.24, 2.45) is 5.92 Å². The lowest BCUT2D eigenvalue weighted by Crippen LogP contribution is -2.41. The Hall–Kier alpha value is -2.73. The lowest BCUT2D eigenvalue weighted by atomic mass is 9.95. The summed E-state index contributed by atoms with van der Waals surface area (Å²) >= 11 is 0. The second-order valence-corrected chi connectivity index (χ2v) is 6.88. The van der Waals surface area contributed by atoms with E-state index in [9.17, 15) is 4.79 Å². The molecule has 1 saturated heterocycles. The highest BCUT2D eigenvalue weighted by molar-refractivity contribution is 5.82. The molecule has 0 unspecified atom stereocenters. The van der Waals surface area contributed by atoms with Gasteiger partial charge in [0.25, 0.3) is 0 Å². The minimum atomic E-state index is 0.0239. The monoisotopic (exact) mass is 350 g/mol. The van der Waals surface area contributed by atoms with Crippen molar-refractivity contribution in [3.05, 3.63) is 59.7 Å². The summed E-state index contributed by atoms with van der Waals surface area (Å²) in [5.74, 6) is 1.19. The number of rotatable bonds is 5. The zero-order chi connectivity index (χ0) is 17.9. The fourth-order valence-electron chi connectivity index (χ4n) is 3.52. The predicted molar refractivity (Wildman–Crippen MR) is 98.7 cm³/mol. The van der Waals surface area contributed by atoms with E-state index < -0.39 is 0 Å². The third kappa shape index (κ3) is 3.75. The smallest absolute Gasteiger partial charge is 0.224 e. The molecule has 0 bridgehead atoms. The number of amides is 1. The molecule has 3 heterocycles. The average Bonchev–Trinajstić information content (AvgIpc) is 3.21. The van der Waals surface area contributed by atoms with Crippen LogP contribution in [0.15, 0.2) is 42.7 Å². The number of nitrogens with zero attached hydrogens (tertiary/aromatic N) is 2. The van der Waals surface area contributed by atoms with Crippen molar-refractivity contribution in [2.45, 2.75) is 25.8 Å². The first-order valence-electron chi connectivity index (χ1n) is 8.88. The van der Waals surface area contributed by atoms with Crippen molar-refractivity contribution < 1.29 is 9.53 Å². The molecule has 6 nitrogen and oxygen atoms in total. The van der Waals surface area contributed by atoms with Gasteiger partial charge in [0.15, 0.2) is 0 Å². The lowest BCUT2D eigenvalue weighted by molar-refractivity contribution is -0.121. The maximum absolute atomic E-state index is 12.5. The molecular weight excluding hydrogens is 328 g/mol. The highest BCUT2D eigenvalue weighted by atomic mass is 16.5. The molecule has 1 aromatic carbocycles. The lowest BCUT2D eigenvalue weighted by Gasteiger charge is -2.19. The number of hydrogen-bond acceptors (Lipinski definition) is 4. The van der Waals surface area contributed by atoms with Crippen LogP contribution in [0.25, 0.3) is 11.0 Å². The second-order valence-electron chi connectivity index (χ2n) is 6.88. The van der Waals surface area contributed by atoms with Gasteiger partial charge in [-0.2, -0.15) is 0 Å². The van der Waals surface area contributed by atoms with Crippen LogP contribution in [0.1, 0.15) is 17.0 Å². The number of fused-ring (bicyclic) bond motifs is 1. The van der Waals surface area contributed by atoms with Crippen molar-refractivity contribution in [1.29, 1.82) is 0 Å². The van der Waals surface area contributed by atoms with Crippen LogP contribution < -0.4 is 5.32 Å². The number of ether oxygens (including phenoxy) is 1. The Balaban J connectivity index is 1.38. The van der Waals surface area contributed by atoms with Gasteiger partial charge in [0.05, 0.1) is 36.7 Å². The SMILES string of the molecule is Cc1nc2ccc(CC(=O)N[C@H]3COC[C@H]3Cc3ccncc3)cc2[nH]1. The van der Waals surface area contributed by atoms with Crippen molar-refractivity contribution in [3.8, 4) is 0 Å². The fraction of sp³-hybridized carbons (Fsp3) is 0.350. The summed E-state index contributed by atoms with van der Waals surface area (Å²) in [7, 11) is 0. The van der Waals surface area contributed by atoms with Crippen molar-refractivity contribution in [3.63, 3.8) is 0 Å². The summed E-state index contributed by atoms with van der Waals surface area (Å²) in [5.41, 5.74) is 4.08. The molecule has 26 heavy (non-hydrogen) atoms. The van der Waals surface area contributed by atoms with Gasteiger partial charge >= 0.3 is 0 Å². The quantitative estimate of drug-likeness (QED) is 0.739. The number of aromatic amines is 1.